The fourth-order valence-corrected chi connectivity index (χ4v) is 2.71. The lowest BCUT2D eigenvalue weighted by molar-refractivity contribution is -0.141. The standard InChI is InChI=1S/C11H15NO2S/c1-8-9(3-5-15-8)6-12-4-2-10(7-12)11(13)14/h3,5,10H,2,4,6-7H2,1H3,(H,13,14). The summed E-state index contributed by atoms with van der Waals surface area (Å²) in [5.74, 6) is -0.816. The van der Waals surface area contributed by atoms with Crippen molar-refractivity contribution in [3.63, 3.8) is 0 Å². The number of aryl methyl sites for hydroxylation is 1. The molecule has 0 spiro atoms. The smallest absolute Gasteiger partial charge is 0.307 e. The molecule has 0 saturated carbocycles. The van der Waals surface area contributed by atoms with E-state index >= 15 is 0 Å². The zero-order chi connectivity index (χ0) is 10.8. The van der Waals surface area contributed by atoms with Gasteiger partial charge in [0.15, 0.2) is 0 Å². The topological polar surface area (TPSA) is 40.5 Å². The Kier molecular flexibility index (Phi) is 3.07. The predicted octanol–water partition coefficient (Wildman–Crippen LogP) is 1.96. The van der Waals surface area contributed by atoms with Gasteiger partial charge in [0.2, 0.25) is 0 Å². The fourth-order valence-electron chi connectivity index (χ4n) is 1.99. The van der Waals surface area contributed by atoms with E-state index in [0.29, 0.717) is 6.54 Å². The van der Waals surface area contributed by atoms with E-state index in [9.17, 15) is 4.79 Å². The van der Waals surface area contributed by atoms with E-state index in [1.54, 1.807) is 11.3 Å². The van der Waals surface area contributed by atoms with Gasteiger partial charge in [0, 0.05) is 18.0 Å². The molecule has 2 rings (SSSR count). The lowest BCUT2D eigenvalue weighted by Crippen LogP contribution is -2.22. The number of carboxylic acid groups (broad SMARTS) is 1. The molecule has 1 N–H and O–H groups in total. The monoisotopic (exact) mass is 225 g/mol. The van der Waals surface area contributed by atoms with Crippen LogP contribution in [0, 0.1) is 12.8 Å². The number of carboxylic acids is 1. The first-order valence-electron chi connectivity index (χ1n) is 5.15. The third-order valence-electron chi connectivity index (χ3n) is 2.98. The van der Waals surface area contributed by atoms with E-state index in [0.717, 1.165) is 19.5 Å². The summed E-state index contributed by atoms with van der Waals surface area (Å²) in [4.78, 5) is 14.4. The van der Waals surface area contributed by atoms with Gasteiger partial charge in [-0.15, -0.1) is 11.3 Å². The Bertz CT molecular complexity index is 361. The molecular weight excluding hydrogens is 210 g/mol. The van der Waals surface area contributed by atoms with E-state index in [1.807, 2.05) is 0 Å². The molecule has 0 radical (unpaired) electrons. The maximum absolute atomic E-state index is 10.8. The second-order valence-electron chi connectivity index (χ2n) is 4.06. The van der Waals surface area contributed by atoms with Crippen molar-refractivity contribution in [3.8, 4) is 0 Å². The molecule has 1 aromatic rings. The lowest BCUT2D eigenvalue weighted by Gasteiger charge is -2.14. The molecule has 1 unspecified atom stereocenters. The van der Waals surface area contributed by atoms with E-state index in [1.165, 1.54) is 10.4 Å². The highest BCUT2D eigenvalue weighted by molar-refractivity contribution is 7.10. The molecule has 0 bridgehead atoms. The summed E-state index contributed by atoms with van der Waals surface area (Å²) >= 11 is 1.75. The van der Waals surface area contributed by atoms with Gasteiger partial charge >= 0.3 is 5.97 Å². The second-order valence-corrected chi connectivity index (χ2v) is 5.18. The number of hydrogen-bond acceptors (Lipinski definition) is 3. The summed E-state index contributed by atoms with van der Waals surface area (Å²) < 4.78 is 0. The Labute approximate surface area is 93.3 Å². The third kappa shape index (κ3) is 2.38. The third-order valence-corrected chi connectivity index (χ3v) is 3.87. The molecule has 0 aliphatic carbocycles. The average Bonchev–Trinajstić information content (AvgIpc) is 2.77. The molecule has 4 heteroatoms. The first-order chi connectivity index (χ1) is 7.16. The van der Waals surface area contributed by atoms with Gasteiger partial charge in [-0.2, -0.15) is 0 Å². The highest BCUT2D eigenvalue weighted by Crippen LogP contribution is 2.22. The quantitative estimate of drug-likeness (QED) is 0.855. The van der Waals surface area contributed by atoms with Crippen molar-refractivity contribution in [2.45, 2.75) is 19.9 Å². The Balaban J connectivity index is 1.93. The number of likely N-dealkylation sites (tertiary alicyclic amines) is 1. The van der Waals surface area contributed by atoms with E-state index < -0.39 is 5.97 Å². The van der Waals surface area contributed by atoms with E-state index in [4.69, 9.17) is 5.11 Å². The highest BCUT2D eigenvalue weighted by atomic mass is 32.1. The van der Waals surface area contributed by atoms with Gasteiger partial charge in [0.05, 0.1) is 5.92 Å². The van der Waals surface area contributed by atoms with Crippen LogP contribution in [0.15, 0.2) is 11.4 Å². The van der Waals surface area contributed by atoms with Crippen molar-refractivity contribution in [2.75, 3.05) is 13.1 Å². The zero-order valence-corrected chi connectivity index (χ0v) is 9.59. The number of rotatable bonds is 3. The Morgan fingerprint density at radius 3 is 3.07 bits per heavy atom. The molecular formula is C11H15NO2S. The molecule has 15 heavy (non-hydrogen) atoms. The Hall–Kier alpha value is -0.870. The maximum Gasteiger partial charge on any atom is 0.307 e. The minimum absolute atomic E-state index is 0.163. The van der Waals surface area contributed by atoms with Crippen LogP contribution < -0.4 is 0 Å². The average molecular weight is 225 g/mol. The summed E-state index contributed by atoms with van der Waals surface area (Å²) in [5.41, 5.74) is 1.34. The first kappa shape index (κ1) is 10.6. The van der Waals surface area contributed by atoms with Crippen LogP contribution in [0.5, 0.6) is 0 Å². The first-order valence-corrected chi connectivity index (χ1v) is 6.03. The molecule has 82 valence electrons. The van der Waals surface area contributed by atoms with Gasteiger partial charge in [-0.05, 0) is 36.9 Å². The highest BCUT2D eigenvalue weighted by Gasteiger charge is 2.27. The van der Waals surface area contributed by atoms with Crippen LogP contribution in [0.2, 0.25) is 0 Å². The maximum atomic E-state index is 10.8. The van der Waals surface area contributed by atoms with Crippen molar-refractivity contribution in [2.24, 2.45) is 5.92 Å². The summed E-state index contributed by atoms with van der Waals surface area (Å²) in [7, 11) is 0. The van der Waals surface area contributed by atoms with E-state index in [2.05, 4.69) is 23.3 Å². The van der Waals surface area contributed by atoms with Crippen molar-refractivity contribution < 1.29 is 9.90 Å². The van der Waals surface area contributed by atoms with Gasteiger partial charge in [-0.25, -0.2) is 0 Å². The lowest BCUT2D eigenvalue weighted by atomic mass is 10.1. The largest absolute Gasteiger partial charge is 0.481 e. The summed E-state index contributed by atoms with van der Waals surface area (Å²) in [5, 5.41) is 11.0. The fraction of sp³-hybridized carbons (Fsp3) is 0.545. The van der Waals surface area contributed by atoms with Crippen molar-refractivity contribution in [1.82, 2.24) is 4.90 Å². The van der Waals surface area contributed by atoms with Crippen molar-refractivity contribution in [3.05, 3.63) is 21.9 Å². The van der Waals surface area contributed by atoms with Gasteiger partial charge in [-0.1, -0.05) is 0 Å². The SMILES string of the molecule is Cc1sccc1CN1CCC(C(=O)O)C1. The molecule has 1 atom stereocenters. The summed E-state index contributed by atoms with van der Waals surface area (Å²) in [6, 6.07) is 2.13. The zero-order valence-electron chi connectivity index (χ0n) is 8.77. The van der Waals surface area contributed by atoms with Crippen LogP contribution in [0.1, 0.15) is 16.9 Å². The number of aliphatic carboxylic acids is 1. The van der Waals surface area contributed by atoms with Crippen LogP contribution in [0.4, 0.5) is 0 Å². The molecule has 1 aromatic heterocycles. The van der Waals surface area contributed by atoms with Crippen molar-refractivity contribution in [1.29, 1.82) is 0 Å². The normalized spacial score (nSPS) is 22.1. The van der Waals surface area contributed by atoms with Crippen LogP contribution >= 0.6 is 11.3 Å². The second kappa shape index (κ2) is 4.33. The van der Waals surface area contributed by atoms with Crippen LogP contribution in [-0.2, 0) is 11.3 Å². The Morgan fingerprint density at radius 1 is 1.73 bits per heavy atom. The molecule has 0 amide bonds. The number of hydrogen-bond donors (Lipinski definition) is 1. The molecule has 1 saturated heterocycles. The number of nitrogens with zero attached hydrogens (tertiary/aromatic N) is 1. The number of thiophene rings is 1. The van der Waals surface area contributed by atoms with Gasteiger partial charge in [-0.3, -0.25) is 9.69 Å². The molecule has 3 nitrogen and oxygen atoms in total. The van der Waals surface area contributed by atoms with Crippen molar-refractivity contribution >= 4 is 17.3 Å². The molecule has 1 fully saturated rings. The molecule has 0 aromatic carbocycles. The van der Waals surface area contributed by atoms with Gasteiger partial charge in [0.1, 0.15) is 0 Å². The minimum atomic E-state index is -0.653. The minimum Gasteiger partial charge on any atom is -0.481 e. The van der Waals surface area contributed by atoms with Crippen LogP contribution in [-0.4, -0.2) is 29.1 Å². The summed E-state index contributed by atoms with van der Waals surface area (Å²) in [6.45, 7) is 4.63. The van der Waals surface area contributed by atoms with Gasteiger partial charge in [0.25, 0.3) is 0 Å². The summed E-state index contributed by atoms with van der Waals surface area (Å²) in [6.07, 6.45) is 0.790. The predicted molar refractivity (Wildman–Crippen MR) is 60.1 cm³/mol. The Morgan fingerprint density at radius 2 is 2.53 bits per heavy atom. The van der Waals surface area contributed by atoms with E-state index in [-0.39, 0.29) is 5.92 Å². The number of carbonyl (C=O) groups is 1. The molecule has 1 aliphatic rings. The van der Waals surface area contributed by atoms with Gasteiger partial charge < -0.3 is 5.11 Å². The molecule has 1 aliphatic heterocycles. The van der Waals surface area contributed by atoms with Crippen LogP contribution in [0.25, 0.3) is 0 Å². The molecule has 2 heterocycles. The van der Waals surface area contributed by atoms with Crippen LogP contribution in [0.3, 0.4) is 0 Å².